The molecule has 1 unspecified atom stereocenters. The number of thioether (sulfide) groups is 1. The number of anilines is 2. The molecule has 5 rings (SSSR count). The maximum absolute atomic E-state index is 13.2. The molecule has 33 heavy (non-hydrogen) atoms. The summed E-state index contributed by atoms with van der Waals surface area (Å²) in [7, 11) is 0. The fraction of sp³-hybridized carbons (Fsp3) is 0.261. The van der Waals surface area contributed by atoms with E-state index in [9.17, 15) is 19.7 Å². The van der Waals surface area contributed by atoms with E-state index in [0.717, 1.165) is 34.0 Å². The van der Waals surface area contributed by atoms with Crippen LogP contribution in [0.3, 0.4) is 0 Å². The molecule has 0 spiro atoms. The molecule has 3 heterocycles. The summed E-state index contributed by atoms with van der Waals surface area (Å²) in [4.78, 5) is 38.1. The Balaban J connectivity index is 1.40. The molecular weight excluding hydrogens is 442 g/mol. The molecule has 2 aromatic carbocycles. The summed E-state index contributed by atoms with van der Waals surface area (Å²) in [5.41, 5.74) is 4.26. The van der Waals surface area contributed by atoms with Crippen molar-refractivity contribution in [1.29, 1.82) is 0 Å². The fourth-order valence-corrected chi connectivity index (χ4v) is 5.28. The molecular formula is C23H21N5O4S. The van der Waals surface area contributed by atoms with Gasteiger partial charge in [-0.05, 0) is 30.7 Å². The number of carbonyl (C=O) groups is 2. The zero-order valence-corrected chi connectivity index (χ0v) is 18.7. The number of non-ortho nitro benzene ring substituents is 1. The third kappa shape index (κ3) is 3.86. The van der Waals surface area contributed by atoms with Crippen molar-refractivity contribution in [3.8, 4) is 5.69 Å². The Kier molecular flexibility index (Phi) is 5.37. The predicted octanol–water partition coefficient (Wildman–Crippen LogP) is 3.83. The van der Waals surface area contributed by atoms with Gasteiger partial charge in [0.25, 0.3) is 5.69 Å². The quantitative estimate of drug-likeness (QED) is 0.455. The molecule has 2 aliphatic heterocycles. The van der Waals surface area contributed by atoms with Crippen LogP contribution >= 0.6 is 11.8 Å². The van der Waals surface area contributed by atoms with Crippen LogP contribution in [-0.4, -0.2) is 33.1 Å². The third-order valence-corrected chi connectivity index (χ3v) is 6.97. The number of nitro benzene ring substituents is 1. The second-order valence-corrected chi connectivity index (χ2v) is 9.12. The summed E-state index contributed by atoms with van der Waals surface area (Å²) in [6.07, 6.45) is 0.142. The highest BCUT2D eigenvalue weighted by atomic mass is 32.2. The van der Waals surface area contributed by atoms with E-state index >= 15 is 0 Å². The van der Waals surface area contributed by atoms with E-state index in [1.807, 2.05) is 31.2 Å². The second-order valence-electron chi connectivity index (χ2n) is 8.13. The number of hydrogen-bond acceptors (Lipinski definition) is 6. The molecule has 1 atom stereocenters. The van der Waals surface area contributed by atoms with Crippen molar-refractivity contribution in [2.75, 3.05) is 16.8 Å². The van der Waals surface area contributed by atoms with E-state index in [0.29, 0.717) is 18.1 Å². The Morgan fingerprint density at radius 2 is 1.94 bits per heavy atom. The van der Waals surface area contributed by atoms with Gasteiger partial charge >= 0.3 is 0 Å². The third-order valence-electron chi connectivity index (χ3n) is 6.00. The van der Waals surface area contributed by atoms with E-state index in [1.54, 1.807) is 33.5 Å². The Morgan fingerprint density at radius 3 is 2.67 bits per heavy atom. The van der Waals surface area contributed by atoms with Gasteiger partial charge in [-0.2, -0.15) is 16.9 Å². The van der Waals surface area contributed by atoms with Crippen LogP contribution in [0.1, 0.15) is 23.2 Å². The molecule has 2 aliphatic rings. The molecule has 1 N–H and O–H groups in total. The minimum atomic E-state index is -0.484. The molecule has 1 saturated heterocycles. The topological polar surface area (TPSA) is 110 Å². The van der Waals surface area contributed by atoms with E-state index in [2.05, 4.69) is 10.4 Å². The molecule has 3 aromatic rings. The standard InChI is InChI=1S/C23H21N5O4S/c1-14-4-2-3-5-20(14)26-11-15(10-21(26)29)23(30)24-22-18-12-33-13-19(18)25-27(22)16-6-8-17(9-7-16)28(31)32/h2-9,15H,10-13H2,1H3,(H,24,30). The number of nitrogens with one attached hydrogen (secondary N) is 1. The Hall–Kier alpha value is -3.66. The number of nitrogens with zero attached hydrogens (tertiary/aromatic N) is 4. The number of rotatable bonds is 5. The summed E-state index contributed by atoms with van der Waals surface area (Å²) >= 11 is 1.71. The zero-order chi connectivity index (χ0) is 23.1. The molecule has 10 heteroatoms. The minimum absolute atomic E-state index is 0.0136. The average molecular weight is 464 g/mol. The number of para-hydroxylation sites is 1. The molecule has 1 aromatic heterocycles. The number of fused-ring (bicyclic) bond motifs is 1. The van der Waals surface area contributed by atoms with Crippen molar-refractivity contribution in [2.24, 2.45) is 5.92 Å². The number of hydrogen-bond donors (Lipinski definition) is 1. The van der Waals surface area contributed by atoms with E-state index in [1.165, 1.54) is 12.1 Å². The predicted molar refractivity (Wildman–Crippen MR) is 125 cm³/mol. The van der Waals surface area contributed by atoms with Crippen LogP contribution in [-0.2, 0) is 21.1 Å². The summed E-state index contributed by atoms with van der Waals surface area (Å²) in [5, 5.41) is 18.6. The molecule has 0 radical (unpaired) electrons. The lowest BCUT2D eigenvalue weighted by Gasteiger charge is -2.19. The van der Waals surface area contributed by atoms with Crippen LogP contribution < -0.4 is 10.2 Å². The Bertz CT molecular complexity index is 1270. The van der Waals surface area contributed by atoms with E-state index in [-0.39, 0.29) is 23.9 Å². The van der Waals surface area contributed by atoms with Gasteiger partial charge in [0, 0.05) is 47.9 Å². The monoisotopic (exact) mass is 463 g/mol. The molecule has 1 fully saturated rings. The van der Waals surface area contributed by atoms with Gasteiger partial charge in [-0.3, -0.25) is 19.7 Å². The van der Waals surface area contributed by atoms with Crippen molar-refractivity contribution in [2.45, 2.75) is 24.9 Å². The number of nitro groups is 1. The van der Waals surface area contributed by atoms with Crippen LogP contribution in [0, 0.1) is 23.0 Å². The lowest BCUT2D eigenvalue weighted by Crippen LogP contribution is -2.29. The Morgan fingerprint density at radius 1 is 1.18 bits per heavy atom. The Labute approximate surface area is 193 Å². The van der Waals surface area contributed by atoms with Gasteiger partial charge < -0.3 is 10.2 Å². The van der Waals surface area contributed by atoms with Crippen molar-refractivity contribution < 1.29 is 14.5 Å². The van der Waals surface area contributed by atoms with Crippen LogP contribution in [0.4, 0.5) is 17.2 Å². The lowest BCUT2D eigenvalue weighted by atomic mass is 10.1. The number of aromatic nitrogens is 2. The fourth-order valence-electron chi connectivity index (χ4n) is 4.24. The first-order valence-electron chi connectivity index (χ1n) is 10.5. The molecule has 168 valence electrons. The number of carbonyl (C=O) groups excluding carboxylic acids is 2. The maximum Gasteiger partial charge on any atom is 0.269 e. The smallest absolute Gasteiger partial charge is 0.269 e. The normalized spacial score (nSPS) is 17.3. The van der Waals surface area contributed by atoms with Gasteiger partial charge in [0.15, 0.2) is 0 Å². The van der Waals surface area contributed by atoms with Crippen molar-refractivity contribution in [3.63, 3.8) is 0 Å². The van der Waals surface area contributed by atoms with E-state index < -0.39 is 10.8 Å². The zero-order valence-electron chi connectivity index (χ0n) is 17.9. The highest BCUT2D eigenvalue weighted by Crippen LogP contribution is 2.37. The van der Waals surface area contributed by atoms with Gasteiger partial charge in [-0.25, -0.2) is 4.68 Å². The highest BCUT2D eigenvalue weighted by molar-refractivity contribution is 7.98. The molecule has 2 amide bonds. The SMILES string of the molecule is Cc1ccccc1N1CC(C(=O)Nc2c3c(nn2-c2ccc([N+](=O)[O-])cc2)CSC3)CC1=O. The average Bonchev–Trinajstić information content (AvgIpc) is 3.50. The van der Waals surface area contributed by atoms with Crippen LogP contribution in [0.2, 0.25) is 0 Å². The molecule has 0 bridgehead atoms. The number of benzene rings is 2. The summed E-state index contributed by atoms with van der Waals surface area (Å²) in [6.45, 7) is 2.26. The molecule has 0 saturated carbocycles. The first-order valence-corrected chi connectivity index (χ1v) is 11.7. The minimum Gasteiger partial charge on any atom is -0.311 e. The summed E-state index contributed by atoms with van der Waals surface area (Å²) < 4.78 is 1.63. The first-order chi connectivity index (χ1) is 15.9. The van der Waals surface area contributed by atoms with Gasteiger partial charge in [-0.1, -0.05) is 18.2 Å². The highest BCUT2D eigenvalue weighted by Gasteiger charge is 2.37. The molecule has 9 nitrogen and oxygen atoms in total. The number of aryl methyl sites for hydroxylation is 1. The number of amides is 2. The molecule has 0 aliphatic carbocycles. The van der Waals surface area contributed by atoms with Gasteiger partial charge in [0.05, 0.1) is 22.2 Å². The summed E-state index contributed by atoms with van der Waals surface area (Å²) in [6, 6.07) is 13.7. The van der Waals surface area contributed by atoms with Crippen LogP contribution in [0.5, 0.6) is 0 Å². The van der Waals surface area contributed by atoms with Crippen molar-refractivity contribution >= 4 is 40.8 Å². The van der Waals surface area contributed by atoms with Crippen molar-refractivity contribution in [1.82, 2.24) is 9.78 Å². The summed E-state index contributed by atoms with van der Waals surface area (Å²) in [5.74, 6) is 1.23. The van der Waals surface area contributed by atoms with Crippen LogP contribution in [0.15, 0.2) is 48.5 Å². The van der Waals surface area contributed by atoms with Gasteiger partial charge in [0.1, 0.15) is 5.82 Å². The maximum atomic E-state index is 13.2. The van der Waals surface area contributed by atoms with Crippen molar-refractivity contribution in [3.05, 3.63) is 75.5 Å². The van der Waals surface area contributed by atoms with Gasteiger partial charge in [0.2, 0.25) is 11.8 Å². The van der Waals surface area contributed by atoms with Crippen LogP contribution in [0.25, 0.3) is 5.69 Å². The van der Waals surface area contributed by atoms with E-state index in [4.69, 9.17) is 0 Å². The second kappa shape index (κ2) is 8.36. The largest absolute Gasteiger partial charge is 0.311 e. The first kappa shape index (κ1) is 21.2. The van der Waals surface area contributed by atoms with Gasteiger partial charge in [-0.15, -0.1) is 0 Å². The lowest BCUT2D eigenvalue weighted by molar-refractivity contribution is -0.384.